The van der Waals surface area contributed by atoms with Gasteiger partial charge in [0.1, 0.15) is 0 Å². The molecule has 0 saturated heterocycles. The van der Waals surface area contributed by atoms with E-state index in [1.54, 1.807) is 6.92 Å². The molecule has 1 aromatic rings. The molecular weight excluding hydrogens is 274 g/mol. The van der Waals surface area contributed by atoms with Crippen LogP contribution in [-0.4, -0.2) is 33.1 Å². The molecule has 21 heavy (non-hydrogen) atoms. The fourth-order valence-corrected chi connectivity index (χ4v) is 2.72. The SMILES string of the molecule is Cc1[nH]c(=O)[nH]c(=O)c1CCC(=O)NC1CCCCC1O. The van der Waals surface area contributed by atoms with Gasteiger partial charge in [-0.3, -0.25) is 14.6 Å². The highest BCUT2D eigenvalue weighted by Gasteiger charge is 2.24. The van der Waals surface area contributed by atoms with Crippen molar-refractivity contribution in [3.8, 4) is 0 Å². The van der Waals surface area contributed by atoms with Gasteiger partial charge in [0.15, 0.2) is 0 Å². The molecule has 1 saturated carbocycles. The number of carbonyl (C=O) groups excluding carboxylic acids is 1. The highest BCUT2D eigenvalue weighted by molar-refractivity contribution is 5.76. The van der Waals surface area contributed by atoms with Crippen LogP contribution in [0.2, 0.25) is 0 Å². The van der Waals surface area contributed by atoms with Crippen molar-refractivity contribution in [3.05, 3.63) is 32.1 Å². The summed E-state index contributed by atoms with van der Waals surface area (Å²) in [6.07, 6.45) is 3.40. The molecule has 7 heteroatoms. The van der Waals surface area contributed by atoms with Gasteiger partial charge in [-0.1, -0.05) is 12.8 Å². The molecule has 1 fully saturated rings. The van der Waals surface area contributed by atoms with Gasteiger partial charge in [0.25, 0.3) is 5.56 Å². The summed E-state index contributed by atoms with van der Waals surface area (Å²) in [7, 11) is 0. The fourth-order valence-electron chi connectivity index (χ4n) is 2.72. The highest BCUT2D eigenvalue weighted by Crippen LogP contribution is 2.18. The third-order valence-electron chi connectivity index (χ3n) is 3.93. The molecule has 0 aliphatic heterocycles. The first-order chi connectivity index (χ1) is 9.97. The van der Waals surface area contributed by atoms with Crippen molar-refractivity contribution in [2.75, 3.05) is 0 Å². The molecule has 0 radical (unpaired) electrons. The largest absolute Gasteiger partial charge is 0.391 e. The number of hydrogen-bond donors (Lipinski definition) is 4. The Morgan fingerprint density at radius 3 is 2.67 bits per heavy atom. The van der Waals surface area contributed by atoms with Gasteiger partial charge in [-0.05, 0) is 26.2 Å². The van der Waals surface area contributed by atoms with Gasteiger partial charge in [0.2, 0.25) is 5.91 Å². The Morgan fingerprint density at radius 1 is 1.29 bits per heavy atom. The van der Waals surface area contributed by atoms with E-state index in [-0.39, 0.29) is 24.8 Å². The minimum absolute atomic E-state index is 0.152. The van der Waals surface area contributed by atoms with E-state index in [0.29, 0.717) is 17.7 Å². The maximum Gasteiger partial charge on any atom is 0.325 e. The van der Waals surface area contributed by atoms with Gasteiger partial charge < -0.3 is 15.4 Å². The van der Waals surface area contributed by atoms with E-state index < -0.39 is 17.4 Å². The number of aliphatic hydroxyl groups excluding tert-OH is 1. The number of aromatic amines is 2. The number of nitrogens with one attached hydrogen (secondary N) is 3. The molecule has 0 bridgehead atoms. The smallest absolute Gasteiger partial charge is 0.325 e. The van der Waals surface area contributed by atoms with Gasteiger partial charge in [0.05, 0.1) is 12.1 Å². The van der Waals surface area contributed by atoms with Crippen LogP contribution in [0.3, 0.4) is 0 Å². The number of rotatable bonds is 4. The van der Waals surface area contributed by atoms with Crippen LogP contribution in [0.15, 0.2) is 9.59 Å². The zero-order valence-electron chi connectivity index (χ0n) is 12.1. The van der Waals surface area contributed by atoms with Crippen molar-refractivity contribution in [1.82, 2.24) is 15.3 Å². The molecule has 2 atom stereocenters. The molecule has 1 aliphatic rings. The van der Waals surface area contributed by atoms with Crippen LogP contribution in [0.4, 0.5) is 0 Å². The fraction of sp³-hybridized carbons (Fsp3) is 0.643. The first kappa shape index (κ1) is 15.5. The number of aliphatic hydroxyl groups is 1. The second-order valence-corrected chi connectivity index (χ2v) is 5.54. The average molecular weight is 295 g/mol. The summed E-state index contributed by atoms with van der Waals surface area (Å²) in [4.78, 5) is 39.3. The van der Waals surface area contributed by atoms with Crippen LogP contribution in [-0.2, 0) is 11.2 Å². The predicted molar refractivity (Wildman–Crippen MR) is 77.1 cm³/mol. The summed E-state index contributed by atoms with van der Waals surface area (Å²) >= 11 is 0. The third-order valence-corrected chi connectivity index (χ3v) is 3.93. The lowest BCUT2D eigenvalue weighted by Gasteiger charge is -2.28. The lowest BCUT2D eigenvalue weighted by atomic mass is 9.92. The summed E-state index contributed by atoms with van der Waals surface area (Å²) in [6, 6.07) is -0.193. The maximum absolute atomic E-state index is 11.9. The van der Waals surface area contributed by atoms with Gasteiger partial charge in [-0.25, -0.2) is 4.79 Å². The second kappa shape index (κ2) is 6.71. The van der Waals surface area contributed by atoms with E-state index in [2.05, 4.69) is 15.3 Å². The van der Waals surface area contributed by atoms with Crippen molar-refractivity contribution in [3.63, 3.8) is 0 Å². The van der Waals surface area contributed by atoms with Gasteiger partial charge in [-0.2, -0.15) is 0 Å². The summed E-state index contributed by atoms with van der Waals surface area (Å²) in [6.45, 7) is 1.63. The molecule has 1 aromatic heterocycles. The Hall–Kier alpha value is -1.89. The van der Waals surface area contributed by atoms with Crippen LogP contribution in [0.1, 0.15) is 43.4 Å². The van der Waals surface area contributed by atoms with Gasteiger partial charge >= 0.3 is 5.69 Å². The average Bonchev–Trinajstić information content (AvgIpc) is 2.40. The van der Waals surface area contributed by atoms with E-state index in [1.165, 1.54) is 0 Å². The molecule has 1 amide bonds. The third kappa shape index (κ3) is 4.04. The number of amides is 1. The van der Waals surface area contributed by atoms with Crippen LogP contribution >= 0.6 is 0 Å². The van der Waals surface area contributed by atoms with Crippen LogP contribution < -0.4 is 16.6 Å². The molecule has 1 aliphatic carbocycles. The van der Waals surface area contributed by atoms with Gasteiger partial charge in [0, 0.05) is 17.7 Å². The summed E-state index contributed by atoms with van der Waals surface area (Å²) in [5, 5.41) is 12.6. The Bertz CT molecular complexity index is 619. The minimum Gasteiger partial charge on any atom is -0.391 e. The van der Waals surface area contributed by atoms with Crippen LogP contribution in [0.25, 0.3) is 0 Å². The van der Waals surface area contributed by atoms with E-state index in [9.17, 15) is 19.5 Å². The molecule has 2 unspecified atom stereocenters. The first-order valence-corrected chi connectivity index (χ1v) is 7.27. The molecule has 4 N–H and O–H groups in total. The molecule has 0 aromatic carbocycles. The standard InChI is InChI=1S/C14H21N3O4/c1-8-9(13(20)17-14(21)15-8)6-7-12(19)16-10-4-2-3-5-11(10)18/h10-11,18H,2-7H2,1H3,(H,16,19)(H2,15,17,20,21). The zero-order valence-corrected chi connectivity index (χ0v) is 12.1. The van der Waals surface area contributed by atoms with E-state index >= 15 is 0 Å². The van der Waals surface area contributed by atoms with Crippen molar-refractivity contribution in [2.24, 2.45) is 0 Å². The highest BCUT2D eigenvalue weighted by atomic mass is 16.3. The molecule has 0 spiro atoms. The monoisotopic (exact) mass is 295 g/mol. The lowest BCUT2D eigenvalue weighted by molar-refractivity contribution is -0.123. The second-order valence-electron chi connectivity index (χ2n) is 5.54. The number of H-pyrrole nitrogens is 2. The van der Waals surface area contributed by atoms with E-state index in [0.717, 1.165) is 19.3 Å². The quantitative estimate of drug-likeness (QED) is 0.611. The van der Waals surface area contributed by atoms with Crippen LogP contribution in [0, 0.1) is 6.92 Å². The molecular formula is C14H21N3O4. The summed E-state index contributed by atoms with van der Waals surface area (Å²) in [5.41, 5.74) is -0.110. The number of hydrogen-bond acceptors (Lipinski definition) is 4. The van der Waals surface area contributed by atoms with Crippen molar-refractivity contribution in [2.45, 2.75) is 57.6 Å². The van der Waals surface area contributed by atoms with E-state index in [4.69, 9.17) is 0 Å². The summed E-state index contributed by atoms with van der Waals surface area (Å²) < 4.78 is 0. The molecule has 1 heterocycles. The van der Waals surface area contributed by atoms with Crippen molar-refractivity contribution in [1.29, 1.82) is 0 Å². The molecule has 116 valence electrons. The van der Waals surface area contributed by atoms with Crippen LogP contribution in [0.5, 0.6) is 0 Å². The van der Waals surface area contributed by atoms with Crippen molar-refractivity contribution < 1.29 is 9.90 Å². The molecule has 7 nitrogen and oxygen atoms in total. The maximum atomic E-state index is 11.9. The predicted octanol–water partition coefficient (Wildman–Crippen LogP) is -0.276. The minimum atomic E-state index is -0.545. The Kier molecular flexibility index (Phi) is 4.95. The van der Waals surface area contributed by atoms with Crippen molar-refractivity contribution >= 4 is 5.91 Å². The Morgan fingerprint density at radius 2 is 2.00 bits per heavy atom. The zero-order chi connectivity index (χ0) is 15.4. The molecule has 2 rings (SSSR count). The summed E-state index contributed by atoms with van der Waals surface area (Å²) in [5.74, 6) is -0.189. The topological polar surface area (TPSA) is 115 Å². The normalized spacial score (nSPS) is 22.0. The number of aryl methyl sites for hydroxylation is 1. The Balaban J connectivity index is 1.92. The number of aromatic nitrogens is 2. The van der Waals surface area contributed by atoms with Gasteiger partial charge in [-0.15, -0.1) is 0 Å². The number of carbonyl (C=O) groups is 1. The first-order valence-electron chi connectivity index (χ1n) is 7.27. The Labute approximate surface area is 121 Å². The lowest BCUT2D eigenvalue weighted by Crippen LogP contribution is -2.45. The van der Waals surface area contributed by atoms with E-state index in [1.807, 2.05) is 0 Å².